The summed E-state index contributed by atoms with van der Waals surface area (Å²) in [6.07, 6.45) is -1.52. The van der Waals surface area contributed by atoms with E-state index in [0.717, 1.165) is 0 Å². The molecule has 8 nitrogen and oxygen atoms in total. The molecule has 3 aromatic carbocycles. The van der Waals surface area contributed by atoms with Crippen LogP contribution in [0, 0.1) is 0 Å². The van der Waals surface area contributed by atoms with Gasteiger partial charge in [-0.2, -0.15) is 21.6 Å². The van der Waals surface area contributed by atoms with Crippen molar-refractivity contribution in [2.24, 2.45) is 0 Å². The Morgan fingerprint density at radius 1 is 0.632 bits per heavy atom. The quantitative estimate of drug-likeness (QED) is 0.113. The van der Waals surface area contributed by atoms with Crippen LogP contribution in [0.1, 0.15) is 16.7 Å². The minimum Gasteiger partial charge on any atom is -0.322 e. The van der Waals surface area contributed by atoms with Crippen LogP contribution in [-0.2, 0) is 56.8 Å². The zero-order chi connectivity index (χ0) is 27.7. The lowest BCUT2D eigenvalue weighted by Gasteiger charge is -2.24. The Balaban J connectivity index is 1.86. The van der Waals surface area contributed by atoms with Gasteiger partial charge in [0, 0.05) is 0 Å². The van der Waals surface area contributed by atoms with Crippen LogP contribution in [0.4, 0.5) is 13.2 Å². The predicted molar refractivity (Wildman–Crippen MR) is 135 cm³/mol. The van der Waals surface area contributed by atoms with Gasteiger partial charge in [0.15, 0.2) is 0 Å². The molecule has 0 fully saturated rings. The first-order valence-corrected chi connectivity index (χ1v) is 16.2. The topological polar surface area (TPSA) is 105 Å². The van der Waals surface area contributed by atoms with Crippen LogP contribution >= 0.6 is 15.0 Å². The van der Waals surface area contributed by atoms with E-state index in [1.54, 1.807) is 91.0 Å². The molecular formula is C24H25F3O8P2S. The Morgan fingerprint density at radius 2 is 1.00 bits per heavy atom. The summed E-state index contributed by atoms with van der Waals surface area (Å²) >= 11 is 0. The van der Waals surface area contributed by atoms with Gasteiger partial charge in [-0.25, -0.2) is 0 Å². The maximum Gasteiger partial charge on any atom is 0.523 e. The first-order valence-electron chi connectivity index (χ1n) is 11.1. The maximum atomic E-state index is 13.8. The van der Waals surface area contributed by atoms with Gasteiger partial charge in [0.25, 0.3) is 0 Å². The van der Waals surface area contributed by atoms with Crippen LogP contribution in [0.5, 0.6) is 0 Å². The highest BCUT2D eigenvalue weighted by molar-refractivity contribution is 7.88. The van der Waals surface area contributed by atoms with Crippen LogP contribution in [0.25, 0.3) is 0 Å². The molecule has 0 aliphatic carbocycles. The monoisotopic (exact) mass is 592 g/mol. The maximum absolute atomic E-state index is 13.8. The van der Waals surface area contributed by atoms with E-state index in [-0.39, 0.29) is 19.8 Å². The van der Waals surface area contributed by atoms with E-state index < -0.39 is 42.8 Å². The number of hydrogen-bond acceptors (Lipinski definition) is 8. The van der Waals surface area contributed by atoms with Crippen molar-refractivity contribution in [3.05, 3.63) is 108 Å². The third-order valence-electron chi connectivity index (χ3n) is 4.93. The molecule has 0 bridgehead atoms. The number of rotatable bonds is 14. The SMILES string of the molecule is O=P(COS(=O)(=O)C(F)(F)F)(CP(=O)(OCc1ccccc1)OCc1ccccc1)OCc1ccccc1. The molecule has 0 aliphatic heterocycles. The number of hydrogen-bond donors (Lipinski definition) is 0. The lowest BCUT2D eigenvalue weighted by molar-refractivity contribution is -0.0532. The van der Waals surface area contributed by atoms with Crippen LogP contribution in [0.2, 0.25) is 0 Å². The Labute approximate surface area is 218 Å². The number of alkyl halides is 3. The fourth-order valence-corrected chi connectivity index (χ4v) is 8.95. The second-order valence-electron chi connectivity index (χ2n) is 7.99. The standard InChI is InChI=1S/C24H25F3O8P2S/c25-24(26,27)38(30,31)35-19-36(28,32-16-21-10-4-1-5-11-21)20-37(29,33-17-22-12-6-2-7-13-22)34-18-23-14-8-3-9-15-23/h1-15H,16-20H2. The Morgan fingerprint density at radius 3 is 1.37 bits per heavy atom. The van der Waals surface area contributed by atoms with Gasteiger partial charge in [-0.15, -0.1) is 0 Å². The van der Waals surface area contributed by atoms with Gasteiger partial charge in [-0.3, -0.25) is 13.3 Å². The number of halogens is 3. The Kier molecular flexibility index (Phi) is 10.5. The first-order chi connectivity index (χ1) is 17.9. The molecule has 206 valence electrons. The molecular weight excluding hydrogens is 567 g/mol. The second kappa shape index (κ2) is 13.2. The summed E-state index contributed by atoms with van der Waals surface area (Å²) in [5.41, 5.74) is -4.09. The van der Waals surface area contributed by atoms with E-state index in [0.29, 0.717) is 16.7 Å². The summed E-state index contributed by atoms with van der Waals surface area (Å²) in [5.74, 6) is -1.03. The molecule has 1 unspecified atom stereocenters. The highest BCUT2D eigenvalue weighted by Gasteiger charge is 2.49. The van der Waals surface area contributed by atoms with Crippen molar-refractivity contribution in [3.63, 3.8) is 0 Å². The third kappa shape index (κ3) is 9.47. The summed E-state index contributed by atoms with van der Waals surface area (Å²) in [4.78, 5) is 0. The van der Waals surface area contributed by atoms with Gasteiger partial charge < -0.3 is 13.6 Å². The molecule has 0 saturated heterocycles. The van der Waals surface area contributed by atoms with Gasteiger partial charge in [0.2, 0.25) is 7.37 Å². The molecule has 0 aromatic heterocycles. The van der Waals surface area contributed by atoms with Crippen LogP contribution < -0.4 is 0 Å². The second-order valence-corrected chi connectivity index (χ2v) is 14.6. The Bertz CT molecular complexity index is 1310. The molecule has 38 heavy (non-hydrogen) atoms. The van der Waals surface area contributed by atoms with Crippen molar-refractivity contribution < 1.29 is 48.5 Å². The minimum absolute atomic E-state index is 0.243. The first kappa shape index (κ1) is 30.2. The van der Waals surface area contributed by atoms with E-state index in [1.165, 1.54) is 0 Å². The average molecular weight is 592 g/mol. The smallest absolute Gasteiger partial charge is 0.322 e. The van der Waals surface area contributed by atoms with E-state index >= 15 is 0 Å². The lowest BCUT2D eigenvalue weighted by Crippen LogP contribution is -2.26. The van der Waals surface area contributed by atoms with Gasteiger partial charge in [0.1, 0.15) is 12.3 Å². The highest BCUT2D eigenvalue weighted by atomic mass is 32.2. The largest absolute Gasteiger partial charge is 0.523 e. The highest BCUT2D eigenvalue weighted by Crippen LogP contribution is 2.64. The summed E-state index contributed by atoms with van der Waals surface area (Å²) < 4.78 is 110. The molecule has 0 N–H and O–H groups in total. The van der Waals surface area contributed by atoms with Crippen molar-refractivity contribution in [2.45, 2.75) is 25.3 Å². The normalized spacial score (nSPS) is 14.2. The third-order valence-corrected chi connectivity index (χ3v) is 11.4. The van der Waals surface area contributed by atoms with Gasteiger partial charge in [0.05, 0.1) is 19.8 Å². The molecule has 3 aromatic rings. The molecule has 0 radical (unpaired) electrons. The summed E-state index contributed by atoms with van der Waals surface area (Å²) in [7, 11) is -15.0. The van der Waals surface area contributed by atoms with Crippen molar-refractivity contribution in [1.29, 1.82) is 0 Å². The van der Waals surface area contributed by atoms with E-state index in [1.807, 2.05) is 0 Å². The predicted octanol–water partition coefficient (Wildman–Crippen LogP) is 6.89. The zero-order valence-electron chi connectivity index (χ0n) is 19.9. The molecule has 0 heterocycles. The molecule has 14 heteroatoms. The van der Waals surface area contributed by atoms with E-state index in [2.05, 4.69) is 4.18 Å². The summed E-state index contributed by atoms with van der Waals surface area (Å²) in [6, 6.07) is 25.2. The Hall–Kier alpha value is -2.30. The molecule has 0 amide bonds. The van der Waals surface area contributed by atoms with Gasteiger partial charge in [-0.1, -0.05) is 91.0 Å². The van der Waals surface area contributed by atoms with Crippen molar-refractivity contribution in [1.82, 2.24) is 0 Å². The molecule has 0 aliphatic rings. The van der Waals surface area contributed by atoms with Crippen LogP contribution in [0.3, 0.4) is 0 Å². The minimum atomic E-state index is -6.10. The summed E-state index contributed by atoms with van der Waals surface area (Å²) in [6.45, 7) is -0.870. The van der Waals surface area contributed by atoms with Crippen molar-refractivity contribution in [3.8, 4) is 0 Å². The molecule has 3 rings (SSSR count). The zero-order valence-corrected chi connectivity index (χ0v) is 22.5. The van der Waals surface area contributed by atoms with Crippen LogP contribution in [-0.4, -0.2) is 26.2 Å². The van der Waals surface area contributed by atoms with E-state index in [9.17, 15) is 30.7 Å². The van der Waals surface area contributed by atoms with Gasteiger partial charge in [-0.05, 0) is 16.7 Å². The van der Waals surface area contributed by atoms with Gasteiger partial charge >= 0.3 is 23.2 Å². The van der Waals surface area contributed by atoms with Crippen molar-refractivity contribution >= 4 is 25.1 Å². The fraction of sp³-hybridized carbons (Fsp3) is 0.250. The molecule has 0 spiro atoms. The molecule has 0 saturated carbocycles. The number of benzene rings is 3. The lowest BCUT2D eigenvalue weighted by atomic mass is 10.2. The van der Waals surface area contributed by atoms with Crippen molar-refractivity contribution in [2.75, 3.05) is 12.3 Å². The average Bonchev–Trinajstić information content (AvgIpc) is 2.90. The van der Waals surface area contributed by atoms with E-state index in [4.69, 9.17) is 13.6 Å². The fourth-order valence-electron chi connectivity index (χ4n) is 2.98. The summed E-state index contributed by atoms with van der Waals surface area (Å²) in [5, 5.41) is 0. The van der Waals surface area contributed by atoms with Crippen LogP contribution in [0.15, 0.2) is 91.0 Å². The molecule has 1 atom stereocenters.